The zero-order valence-corrected chi connectivity index (χ0v) is 9.59. The molecule has 3 heteroatoms. The van der Waals surface area contributed by atoms with E-state index in [4.69, 9.17) is 0 Å². The Labute approximate surface area is 76.3 Å². The molecule has 3 unspecified atom stereocenters. The number of hydrogen-bond acceptors (Lipinski definition) is 1. The van der Waals surface area contributed by atoms with Gasteiger partial charge in [-0.3, -0.25) is 0 Å². The third-order valence-electron chi connectivity index (χ3n) is 1.84. The van der Waals surface area contributed by atoms with Crippen molar-refractivity contribution < 1.29 is 21.5 Å². The summed E-state index contributed by atoms with van der Waals surface area (Å²) in [6, 6.07) is 0. The van der Waals surface area contributed by atoms with E-state index in [0.717, 1.165) is 15.9 Å². The second-order valence-electron chi connectivity index (χ2n) is 2.58. The van der Waals surface area contributed by atoms with Crippen LogP contribution in [-0.4, -0.2) is 12.5 Å². The first kappa shape index (κ1) is 6.97. The summed E-state index contributed by atoms with van der Waals surface area (Å²) in [4.78, 5) is 0. The molecule has 0 spiro atoms. The first-order chi connectivity index (χ1) is 4.38. The molecule has 0 aromatic heterocycles. The summed E-state index contributed by atoms with van der Waals surface area (Å²) in [5.41, 5.74) is 0. The van der Waals surface area contributed by atoms with Crippen molar-refractivity contribution in [3.63, 3.8) is 0 Å². The molecule has 54 valence electrons. The van der Waals surface area contributed by atoms with Gasteiger partial charge in [0.2, 0.25) is 0 Å². The molecule has 1 saturated heterocycles. The van der Waals surface area contributed by atoms with Gasteiger partial charge in [0.05, 0.1) is 0 Å². The molecule has 1 nitrogen and oxygen atoms in total. The van der Waals surface area contributed by atoms with Gasteiger partial charge >= 0.3 is 77.0 Å². The van der Waals surface area contributed by atoms with Gasteiger partial charge in [0.1, 0.15) is 0 Å². The maximum absolute atomic E-state index is 3.51. The molecular weight excluding hydrogens is 340 g/mol. The second-order valence-corrected chi connectivity index (χ2v) is 7.65. The number of nitrogens with one attached hydrogen (secondary N) is 1. The van der Waals surface area contributed by atoms with Crippen molar-refractivity contribution in [3.8, 4) is 0 Å². The van der Waals surface area contributed by atoms with Crippen LogP contribution in [-0.2, 0) is 0 Å². The molecular formula is C6H10I2N-. The molecule has 0 aromatic rings. The van der Waals surface area contributed by atoms with Crippen LogP contribution in [0, 0.1) is 11.8 Å². The number of halogens is 2. The topological polar surface area (TPSA) is 21.9 Å². The molecule has 9 heavy (non-hydrogen) atoms. The molecule has 0 bridgehead atoms. The van der Waals surface area contributed by atoms with Crippen molar-refractivity contribution in [2.45, 2.75) is 11.0 Å². The Balaban J connectivity index is 1.98. The van der Waals surface area contributed by atoms with Crippen molar-refractivity contribution in [2.24, 2.45) is 11.8 Å². The fourth-order valence-electron chi connectivity index (χ4n) is 1.07. The third kappa shape index (κ3) is 1.48. The minimum absolute atomic E-state index is 0.482. The molecule has 0 amide bonds. The van der Waals surface area contributed by atoms with Gasteiger partial charge < -0.3 is 0 Å². The second kappa shape index (κ2) is 2.73. The SMILES string of the molecule is CC1C=ICC1C1N[I-]1. The van der Waals surface area contributed by atoms with E-state index in [0.29, 0.717) is 42.2 Å². The van der Waals surface area contributed by atoms with Crippen LogP contribution in [0.1, 0.15) is 6.92 Å². The standard InChI is InChI=1S/C6H10I2N/c1-4-2-7-3-5(4)6-8-9-6/h2,4-6,9H,3H2,1H3/q-1. The van der Waals surface area contributed by atoms with Crippen LogP contribution in [0.25, 0.3) is 0 Å². The van der Waals surface area contributed by atoms with Crippen molar-refractivity contribution in [3.05, 3.63) is 0 Å². The normalized spacial score (nSPS) is 49.7. The van der Waals surface area contributed by atoms with Crippen LogP contribution in [0.5, 0.6) is 0 Å². The van der Waals surface area contributed by atoms with E-state index in [-0.39, 0.29) is 0 Å². The predicted molar refractivity (Wildman–Crippen MR) is 44.5 cm³/mol. The molecule has 0 radical (unpaired) electrons. The fraction of sp³-hybridized carbons (Fsp3) is 0.833. The predicted octanol–water partition coefficient (Wildman–Crippen LogP) is -2.04. The summed E-state index contributed by atoms with van der Waals surface area (Å²) in [6.45, 7) is 2.39. The van der Waals surface area contributed by atoms with Crippen LogP contribution >= 0.6 is 20.7 Å². The molecule has 0 aliphatic carbocycles. The molecule has 3 atom stereocenters. The van der Waals surface area contributed by atoms with Gasteiger partial charge in [-0.05, 0) is 0 Å². The molecule has 0 saturated carbocycles. The van der Waals surface area contributed by atoms with Gasteiger partial charge in [-0.15, -0.1) is 0 Å². The van der Waals surface area contributed by atoms with E-state index in [1.807, 2.05) is 0 Å². The van der Waals surface area contributed by atoms with Crippen LogP contribution in [0.3, 0.4) is 0 Å². The zero-order chi connectivity index (χ0) is 6.27. The van der Waals surface area contributed by atoms with Crippen LogP contribution in [0.15, 0.2) is 0 Å². The van der Waals surface area contributed by atoms with Crippen LogP contribution in [0.4, 0.5) is 0 Å². The van der Waals surface area contributed by atoms with Crippen LogP contribution < -0.4 is 25.0 Å². The van der Waals surface area contributed by atoms with Crippen molar-refractivity contribution in [1.29, 1.82) is 0 Å². The Hall–Kier alpha value is 1.29. The fourth-order valence-corrected chi connectivity index (χ4v) is 7.61. The zero-order valence-electron chi connectivity index (χ0n) is 5.27. The van der Waals surface area contributed by atoms with Crippen molar-refractivity contribution >= 4 is 24.7 Å². The van der Waals surface area contributed by atoms with Crippen molar-refractivity contribution in [1.82, 2.24) is 3.53 Å². The van der Waals surface area contributed by atoms with Gasteiger partial charge in [-0.25, -0.2) is 0 Å². The van der Waals surface area contributed by atoms with E-state index in [9.17, 15) is 0 Å². The Bertz CT molecular complexity index is 142. The summed E-state index contributed by atoms with van der Waals surface area (Å²) >= 11 is 1.00. The van der Waals surface area contributed by atoms with E-state index in [2.05, 4.69) is 14.5 Å². The summed E-state index contributed by atoms with van der Waals surface area (Å²) in [6.07, 6.45) is 0. The number of rotatable bonds is 1. The summed E-state index contributed by atoms with van der Waals surface area (Å²) in [5, 5.41) is 0. The van der Waals surface area contributed by atoms with Crippen LogP contribution in [0.2, 0.25) is 0 Å². The summed E-state index contributed by atoms with van der Waals surface area (Å²) in [5.74, 6) is 2.03. The first-order valence-corrected chi connectivity index (χ1v) is 8.26. The molecule has 2 heterocycles. The molecule has 2 aliphatic rings. The minimum atomic E-state index is 0.482. The van der Waals surface area contributed by atoms with E-state index in [1.54, 1.807) is 4.43 Å². The molecule has 0 aromatic carbocycles. The summed E-state index contributed by atoms with van der Waals surface area (Å²) in [7, 11) is 0. The monoisotopic (exact) mass is 350 g/mol. The van der Waals surface area contributed by atoms with Gasteiger partial charge in [-0.2, -0.15) is 0 Å². The Kier molecular flexibility index (Phi) is 2.11. The maximum atomic E-state index is 3.51. The molecule has 1 fully saturated rings. The van der Waals surface area contributed by atoms with Gasteiger partial charge in [-0.1, -0.05) is 0 Å². The third-order valence-corrected chi connectivity index (χ3v) is 7.28. The average Bonchev–Trinajstić information content (AvgIpc) is 2.58. The first-order valence-electron chi connectivity index (χ1n) is 3.17. The number of alkyl halides is 2. The van der Waals surface area contributed by atoms with E-state index < -0.39 is 0 Å². The Morgan fingerprint density at radius 1 is 1.78 bits per heavy atom. The molecule has 2 aliphatic heterocycles. The molecule has 1 N–H and O–H groups in total. The Morgan fingerprint density at radius 3 is 3.00 bits per heavy atom. The van der Waals surface area contributed by atoms with E-state index in [1.165, 1.54) is 0 Å². The number of hydrogen-bond donors (Lipinski definition) is 1. The van der Waals surface area contributed by atoms with Gasteiger partial charge in [0.15, 0.2) is 0 Å². The Morgan fingerprint density at radius 2 is 2.56 bits per heavy atom. The van der Waals surface area contributed by atoms with Gasteiger partial charge in [0, 0.05) is 0 Å². The van der Waals surface area contributed by atoms with Gasteiger partial charge in [0.25, 0.3) is 0 Å². The molecule has 2 rings (SSSR count). The summed E-state index contributed by atoms with van der Waals surface area (Å²) < 4.78 is 8.70. The van der Waals surface area contributed by atoms with Crippen molar-refractivity contribution in [2.75, 3.05) is 4.43 Å². The average molecular weight is 350 g/mol. The van der Waals surface area contributed by atoms with E-state index >= 15 is 0 Å². The quantitative estimate of drug-likeness (QED) is 0.190.